The van der Waals surface area contributed by atoms with E-state index in [1.165, 1.54) is 11.1 Å². The molecular weight excluding hydrogens is 493 g/mol. The fourth-order valence-electron chi connectivity index (χ4n) is 4.87. The Morgan fingerprint density at radius 2 is 1.85 bits per heavy atom. The zero-order valence-corrected chi connectivity index (χ0v) is 21.8. The number of carbonyl (C=O) groups is 1. The highest BCUT2D eigenvalue weighted by atomic mass is 35.5. The normalized spacial score (nSPS) is 16.9. The Bertz CT molecular complexity index is 1020. The Labute approximate surface area is 218 Å². The first kappa shape index (κ1) is 26.9. The number of nitrogens with zero attached hydrogens (tertiary/aromatic N) is 1. The van der Waals surface area contributed by atoms with Crippen LogP contribution in [0.1, 0.15) is 61.3 Å². The largest absolute Gasteiger partial charge is 0.492 e. The molecule has 1 fully saturated rings. The second-order valence-electron chi connectivity index (χ2n) is 9.22. The molecule has 2 aromatic carbocycles. The van der Waals surface area contributed by atoms with Gasteiger partial charge in [-0.3, -0.25) is 4.79 Å². The van der Waals surface area contributed by atoms with Crippen molar-refractivity contribution in [2.24, 2.45) is 0 Å². The molecule has 1 saturated heterocycles. The van der Waals surface area contributed by atoms with E-state index < -0.39 is 5.97 Å². The summed E-state index contributed by atoms with van der Waals surface area (Å²) < 4.78 is 6.12. The molecule has 0 aromatic heterocycles. The summed E-state index contributed by atoms with van der Waals surface area (Å²) in [6.07, 6.45) is 9.44. The van der Waals surface area contributed by atoms with Gasteiger partial charge in [-0.05, 0) is 68.1 Å². The van der Waals surface area contributed by atoms with Crippen molar-refractivity contribution in [3.63, 3.8) is 0 Å². The van der Waals surface area contributed by atoms with Crippen molar-refractivity contribution < 1.29 is 14.6 Å². The third kappa shape index (κ3) is 6.09. The first-order valence-corrected chi connectivity index (χ1v) is 12.5. The summed E-state index contributed by atoms with van der Waals surface area (Å²) in [5, 5.41) is 10.3. The van der Waals surface area contributed by atoms with Gasteiger partial charge in [0.15, 0.2) is 0 Å². The van der Waals surface area contributed by atoms with Crippen LogP contribution >= 0.6 is 35.6 Å². The van der Waals surface area contributed by atoms with Crippen LogP contribution in [0.25, 0.3) is 12.2 Å². The second kappa shape index (κ2) is 11.8. The predicted molar refractivity (Wildman–Crippen MR) is 143 cm³/mol. The Morgan fingerprint density at radius 1 is 1.15 bits per heavy atom. The lowest BCUT2D eigenvalue weighted by Crippen LogP contribution is -2.44. The van der Waals surface area contributed by atoms with Crippen LogP contribution in [0.4, 0.5) is 0 Å². The number of benzene rings is 2. The van der Waals surface area contributed by atoms with Crippen molar-refractivity contribution in [2.75, 3.05) is 26.2 Å². The molecule has 184 valence electrons. The molecule has 0 amide bonds. The van der Waals surface area contributed by atoms with Crippen molar-refractivity contribution >= 4 is 53.7 Å². The van der Waals surface area contributed by atoms with Crippen molar-refractivity contribution in [3.05, 3.63) is 62.6 Å². The number of unbranched alkanes of at least 4 members (excludes halogenated alkanes) is 1. The fourth-order valence-corrected chi connectivity index (χ4v) is 5.52. The third-order valence-electron chi connectivity index (χ3n) is 6.94. The monoisotopic (exact) mass is 523 g/mol. The van der Waals surface area contributed by atoms with E-state index in [-0.39, 0.29) is 24.2 Å². The van der Waals surface area contributed by atoms with Crippen LogP contribution < -0.4 is 4.74 Å². The molecule has 2 aromatic rings. The first-order chi connectivity index (χ1) is 15.9. The molecule has 0 unspecified atom stereocenters. The lowest BCUT2D eigenvalue weighted by molar-refractivity contribution is -0.137. The minimum atomic E-state index is -0.736. The molecule has 34 heavy (non-hydrogen) atoms. The summed E-state index contributed by atoms with van der Waals surface area (Å²) in [4.78, 5) is 13.1. The Morgan fingerprint density at radius 3 is 2.50 bits per heavy atom. The smallest absolute Gasteiger partial charge is 0.304 e. The molecule has 0 atom stereocenters. The number of likely N-dealkylation sites (tertiary alicyclic amines) is 1. The molecule has 0 aliphatic carbocycles. The standard InChI is InChI=1S/C27H31Cl2NO3.ClH/c1-2-3-4-20-15-23(28)21(24(29)16-20)7-5-19-6-8-22-25(17-19)33-18-27(22)10-13-30(14-11-27)12-9-26(31)32;/h5-8,15-17H,2-4,9-14,18H2,1H3,(H,31,32);1H/b7-5+;. The number of ether oxygens (including phenoxy) is 1. The van der Waals surface area contributed by atoms with E-state index in [1.54, 1.807) is 0 Å². The van der Waals surface area contributed by atoms with Gasteiger partial charge in [0.2, 0.25) is 0 Å². The quantitative estimate of drug-likeness (QED) is 0.373. The second-order valence-corrected chi connectivity index (χ2v) is 10.0. The molecular formula is C27H32Cl3NO3. The average Bonchev–Trinajstić information content (AvgIpc) is 3.14. The van der Waals surface area contributed by atoms with E-state index in [1.807, 2.05) is 24.3 Å². The molecule has 1 N–H and O–H groups in total. The third-order valence-corrected chi connectivity index (χ3v) is 7.56. The number of aryl methyl sites for hydroxylation is 1. The van der Waals surface area contributed by atoms with Crippen molar-refractivity contribution in [1.29, 1.82) is 0 Å². The number of hydrogen-bond donors (Lipinski definition) is 1. The minimum Gasteiger partial charge on any atom is -0.492 e. The summed E-state index contributed by atoms with van der Waals surface area (Å²) in [7, 11) is 0. The molecule has 4 nitrogen and oxygen atoms in total. The number of carboxylic acid groups (broad SMARTS) is 1. The number of halogens is 3. The van der Waals surface area contributed by atoms with Crippen LogP contribution in [0.15, 0.2) is 30.3 Å². The highest BCUT2D eigenvalue weighted by molar-refractivity contribution is 6.37. The van der Waals surface area contributed by atoms with E-state index in [2.05, 4.69) is 30.0 Å². The Hall–Kier alpha value is -1.72. The predicted octanol–water partition coefficient (Wildman–Crippen LogP) is 7.13. The fraction of sp³-hybridized carbons (Fsp3) is 0.444. The van der Waals surface area contributed by atoms with Gasteiger partial charge in [0, 0.05) is 33.1 Å². The summed E-state index contributed by atoms with van der Waals surface area (Å²) in [5.74, 6) is 0.212. The molecule has 0 radical (unpaired) electrons. The Kier molecular flexibility index (Phi) is 9.34. The van der Waals surface area contributed by atoms with Crippen molar-refractivity contribution in [3.8, 4) is 5.75 Å². The molecule has 1 spiro atoms. The summed E-state index contributed by atoms with van der Waals surface area (Å²) in [6.45, 7) is 5.30. The number of piperidine rings is 1. The van der Waals surface area contributed by atoms with Gasteiger partial charge in [-0.15, -0.1) is 12.4 Å². The van der Waals surface area contributed by atoms with Gasteiger partial charge in [-0.2, -0.15) is 0 Å². The zero-order valence-electron chi connectivity index (χ0n) is 19.5. The number of carboxylic acids is 1. The topological polar surface area (TPSA) is 49.8 Å². The highest BCUT2D eigenvalue weighted by Crippen LogP contribution is 2.46. The van der Waals surface area contributed by atoms with Crippen LogP contribution in [0, 0.1) is 0 Å². The Balaban J connectivity index is 0.00000324. The first-order valence-electron chi connectivity index (χ1n) is 11.8. The lowest BCUT2D eigenvalue weighted by Gasteiger charge is -2.38. The zero-order chi connectivity index (χ0) is 23.4. The van der Waals surface area contributed by atoms with Crippen LogP contribution in [0.5, 0.6) is 5.75 Å². The maximum atomic E-state index is 10.9. The molecule has 4 rings (SSSR count). The van der Waals surface area contributed by atoms with Gasteiger partial charge in [-0.1, -0.05) is 60.8 Å². The van der Waals surface area contributed by atoms with E-state index in [9.17, 15) is 4.79 Å². The number of fused-ring (bicyclic) bond motifs is 2. The molecule has 2 aliphatic heterocycles. The SMILES string of the molecule is CCCCc1cc(Cl)c(/C=C/c2ccc3c(c2)OCC32CCN(CCC(=O)O)CC2)c(Cl)c1.Cl. The van der Waals surface area contributed by atoms with E-state index in [4.69, 9.17) is 33.0 Å². The summed E-state index contributed by atoms with van der Waals surface area (Å²) in [5.41, 5.74) is 4.37. The number of aliphatic carboxylic acids is 1. The summed E-state index contributed by atoms with van der Waals surface area (Å²) in [6, 6.07) is 10.4. The van der Waals surface area contributed by atoms with Crippen molar-refractivity contribution in [1.82, 2.24) is 4.90 Å². The lowest BCUT2D eigenvalue weighted by atomic mass is 9.74. The number of hydrogen-bond acceptors (Lipinski definition) is 3. The van der Waals surface area contributed by atoms with E-state index in [0.717, 1.165) is 62.1 Å². The van der Waals surface area contributed by atoms with Crippen LogP contribution in [0.3, 0.4) is 0 Å². The molecule has 0 saturated carbocycles. The minimum absolute atomic E-state index is 0. The summed E-state index contributed by atoms with van der Waals surface area (Å²) >= 11 is 13.1. The van der Waals surface area contributed by atoms with Gasteiger partial charge in [0.1, 0.15) is 5.75 Å². The van der Waals surface area contributed by atoms with Gasteiger partial charge in [0.05, 0.1) is 13.0 Å². The van der Waals surface area contributed by atoms with Gasteiger partial charge in [-0.25, -0.2) is 0 Å². The van der Waals surface area contributed by atoms with Gasteiger partial charge in [0.25, 0.3) is 0 Å². The van der Waals surface area contributed by atoms with E-state index in [0.29, 0.717) is 23.2 Å². The van der Waals surface area contributed by atoms with Crippen LogP contribution in [-0.4, -0.2) is 42.2 Å². The van der Waals surface area contributed by atoms with Crippen LogP contribution in [0.2, 0.25) is 10.0 Å². The van der Waals surface area contributed by atoms with E-state index >= 15 is 0 Å². The molecule has 2 heterocycles. The van der Waals surface area contributed by atoms with Crippen LogP contribution in [-0.2, 0) is 16.6 Å². The van der Waals surface area contributed by atoms with Crippen molar-refractivity contribution in [2.45, 2.75) is 50.9 Å². The maximum Gasteiger partial charge on any atom is 0.304 e. The molecule has 0 bridgehead atoms. The maximum absolute atomic E-state index is 10.9. The van der Waals surface area contributed by atoms with Gasteiger partial charge < -0.3 is 14.7 Å². The molecule has 7 heteroatoms. The molecule has 2 aliphatic rings. The number of rotatable bonds is 8. The highest BCUT2D eigenvalue weighted by Gasteiger charge is 2.42. The average molecular weight is 525 g/mol. The van der Waals surface area contributed by atoms with Gasteiger partial charge >= 0.3 is 5.97 Å².